The van der Waals surface area contributed by atoms with E-state index < -0.39 is 0 Å². The summed E-state index contributed by atoms with van der Waals surface area (Å²) in [6.45, 7) is 7.11. The molecule has 1 N–H and O–H groups in total. The van der Waals surface area contributed by atoms with Crippen LogP contribution < -0.4 is 14.8 Å². The monoisotopic (exact) mass is 496 g/mol. The van der Waals surface area contributed by atoms with E-state index in [1.807, 2.05) is 25.1 Å². The van der Waals surface area contributed by atoms with Crippen LogP contribution in [0.15, 0.2) is 52.7 Å². The second-order valence-corrected chi connectivity index (χ2v) is 9.15. The minimum absolute atomic E-state index is 0.313. The van der Waals surface area contributed by atoms with Crippen molar-refractivity contribution in [3.05, 3.63) is 65.4 Å². The van der Waals surface area contributed by atoms with E-state index >= 15 is 0 Å². The molecule has 1 aromatic heterocycles. The summed E-state index contributed by atoms with van der Waals surface area (Å²) >= 11 is 5.76. The van der Waals surface area contributed by atoms with Crippen LogP contribution in [0.5, 0.6) is 11.5 Å². The van der Waals surface area contributed by atoms with E-state index in [-0.39, 0.29) is 11.9 Å². The first kappa shape index (κ1) is 24.7. The summed E-state index contributed by atoms with van der Waals surface area (Å²) in [5, 5.41) is 8.20. The van der Waals surface area contributed by atoms with Crippen LogP contribution in [0.3, 0.4) is 0 Å². The van der Waals surface area contributed by atoms with Crippen LogP contribution in [-0.4, -0.2) is 40.9 Å². The Hall–Kier alpha value is -3.46. The van der Waals surface area contributed by atoms with Gasteiger partial charge in [0, 0.05) is 17.8 Å². The van der Waals surface area contributed by atoms with Gasteiger partial charge in [-0.15, -0.1) is 0 Å². The lowest BCUT2D eigenvalue weighted by molar-refractivity contribution is 0.354. The number of methoxy groups -OCH3 is 2. The zero-order chi connectivity index (χ0) is 25.1. The lowest BCUT2D eigenvalue weighted by Crippen LogP contribution is -2.46. The maximum Gasteiger partial charge on any atom is 0.258 e. The van der Waals surface area contributed by atoms with Gasteiger partial charge < -0.3 is 24.2 Å². The molecule has 4 rings (SSSR count). The molecule has 0 fully saturated rings. The molecule has 0 saturated heterocycles. The van der Waals surface area contributed by atoms with Gasteiger partial charge in [0.25, 0.3) is 5.89 Å². The third kappa shape index (κ3) is 5.14. The van der Waals surface area contributed by atoms with Crippen LogP contribution in [-0.2, 0) is 0 Å². The number of allylic oxidation sites excluding steroid dienone is 1. The SMILES string of the molecule is COc1ccc(C2NC(=S)N(CCC(C)C)C(C)=C2c2nc(-c3cccc(F)c3)no2)cc1OC. The summed E-state index contributed by atoms with van der Waals surface area (Å²) in [4.78, 5) is 6.70. The van der Waals surface area contributed by atoms with E-state index in [2.05, 4.69) is 34.2 Å². The van der Waals surface area contributed by atoms with Crippen molar-refractivity contribution in [2.24, 2.45) is 5.92 Å². The standard InChI is InChI=1S/C26H29FN4O3S/c1-15(2)11-12-31-16(3)22(25-29-24(30-34-25)18-7-6-8-19(27)13-18)23(28-26(31)35)17-9-10-20(32-4)21(14-17)33-5/h6-10,13-15,23H,11-12H2,1-5H3,(H,28,35). The van der Waals surface area contributed by atoms with Crippen molar-refractivity contribution in [1.29, 1.82) is 0 Å². The predicted octanol–water partition coefficient (Wildman–Crippen LogP) is 5.60. The quantitative estimate of drug-likeness (QED) is 0.404. The Morgan fingerprint density at radius 2 is 1.91 bits per heavy atom. The highest BCUT2D eigenvalue weighted by molar-refractivity contribution is 7.80. The average molecular weight is 497 g/mol. The van der Waals surface area contributed by atoms with E-state index in [9.17, 15) is 4.39 Å². The second kappa shape index (κ2) is 10.4. The number of ether oxygens (including phenoxy) is 2. The molecule has 3 aromatic rings. The van der Waals surface area contributed by atoms with Crippen molar-refractivity contribution in [3.63, 3.8) is 0 Å². The number of thiocarbonyl (C=S) groups is 1. The highest BCUT2D eigenvalue weighted by Crippen LogP contribution is 2.40. The Kier molecular flexibility index (Phi) is 7.35. The Labute approximate surface area is 209 Å². The van der Waals surface area contributed by atoms with Crippen LogP contribution in [0.4, 0.5) is 4.39 Å². The van der Waals surface area contributed by atoms with Crippen molar-refractivity contribution in [3.8, 4) is 22.9 Å². The van der Waals surface area contributed by atoms with Crippen molar-refractivity contribution in [2.45, 2.75) is 33.2 Å². The summed E-state index contributed by atoms with van der Waals surface area (Å²) in [6, 6.07) is 11.5. The second-order valence-electron chi connectivity index (χ2n) is 8.76. The van der Waals surface area contributed by atoms with Crippen LogP contribution in [0.1, 0.15) is 44.7 Å². The number of aromatic nitrogens is 2. The molecule has 35 heavy (non-hydrogen) atoms. The smallest absolute Gasteiger partial charge is 0.258 e. The summed E-state index contributed by atoms with van der Waals surface area (Å²) in [7, 11) is 3.19. The predicted molar refractivity (Wildman–Crippen MR) is 136 cm³/mol. The Bertz CT molecular complexity index is 1260. The molecule has 7 nitrogen and oxygen atoms in total. The molecule has 1 unspecified atom stereocenters. The summed E-state index contributed by atoms with van der Waals surface area (Å²) < 4.78 is 30.4. The van der Waals surface area contributed by atoms with Gasteiger partial charge in [-0.3, -0.25) is 0 Å². The highest BCUT2D eigenvalue weighted by atomic mass is 32.1. The largest absolute Gasteiger partial charge is 0.493 e. The first-order valence-electron chi connectivity index (χ1n) is 11.4. The Morgan fingerprint density at radius 3 is 2.60 bits per heavy atom. The number of nitrogens with one attached hydrogen (secondary N) is 1. The minimum Gasteiger partial charge on any atom is -0.493 e. The number of nitrogens with zero attached hydrogens (tertiary/aromatic N) is 3. The van der Waals surface area contributed by atoms with Crippen molar-refractivity contribution in [1.82, 2.24) is 20.4 Å². The molecule has 0 amide bonds. The molecule has 0 spiro atoms. The van der Waals surface area contributed by atoms with Crippen molar-refractivity contribution >= 4 is 22.9 Å². The van der Waals surface area contributed by atoms with E-state index in [1.54, 1.807) is 26.4 Å². The average Bonchev–Trinajstić information content (AvgIpc) is 3.32. The topological polar surface area (TPSA) is 72.7 Å². The van der Waals surface area contributed by atoms with Crippen LogP contribution in [0.25, 0.3) is 17.0 Å². The number of halogens is 1. The van der Waals surface area contributed by atoms with Crippen LogP contribution >= 0.6 is 12.2 Å². The maximum absolute atomic E-state index is 13.8. The van der Waals surface area contributed by atoms with Gasteiger partial charge in [0.15, 0.2) is 16.6 Å². The van der Waals surface area contributed by atoms with E-state index in [0.29, 0.717) is 39.8 Å². The number of hydrogen-bond donors (Lipinski definition) is 1. The van der Waals surface area contributed by atoms with E-state index in [0.717, 1.165) is 29.8 Å². The fourth-order valence-electron chi connectivity index (χ4n) is 4.08. The fourth-order valence-corrected chi connectivity index (χ4v) is 4.42. The van der Waals surface area contributed by atoms with Gasteiger partial charge in [0.1, 0.15) is 5.82 Å². The van der Waals surface area contributed by atoms with Gasteiger partial charge in [-0.1, -0.05) is 37.2 Å². The molecule has 0 radical (unpaired) electrons. The summed E-state index contributed by atoms with van der Waals surface area (Å²) in [6.07, 6.45) is 0.964. The van der Waals surface area contributed by atoms with E-state index in [1.165, 1.54) is 12.1 Å². The zero-order valence-electron chi connectivity index (χ0n) is 20.5. The van der Waals surface area contributed by atoms with Gasteiger partial charge >= 0.3 is 0 Å². The molecule has 9 heteroatoms. The fraction of sp³-hybridized carbons (Fsp3) is 0.346. The number of benzene rings is 2. The third-order valence-electron chi connectivity index (χ3n) is 6.01. The van der Waals surface area contributed by atoms with Gasteiger partial charge in [0.2, 0.25) is 5.82 Å². The van der Waals surface area contributed by atoms with Gasteiger partial charge in [-0.05, 0) is 61.3 Å². The zero-order valence-corrected chi connectivity index (χ0v) is 21.3. The highest BCUT2D eigenvalue weighted by Gasteiger charge is 2.34. The minimum atomic E-state index is -0.364. The molecule has 0 saturated carbocycles. The first-order valence-corrected chi connectivity index (χ1v) is 11.8. The molecule has 184 valence electrons. The molecule has 1 aliphatic rings. The van der Waals surface area contributed by atoms with Gasteiger partial charge in [-0.25, -0.2) is 4.39 Å². The van der Waals surface area contributed by atoms with Gasteiger partial charge in [0.05, 0.1) is 25.8 Å². The molecule has 0 aliphatic carbocycles. The lowest BCUT2D eigenvalue weighted by Gasteiger charge is -2.37. The number of hydrogen-bond acceptors (Lipinski definition) is 6. The van der Waals surface area contributed by atoms with Crippen LogP contribution in [0, 0.1) is 11.7 Å². The Morgan fingerprint density at radius 1 is 1.14 bits per heavy atom. The van der Waals surface area contributed by atoms with E-state index in [4.69, 9.17) is 26.2 Å². The first-order chi connectivity index (χ1) is 16.8. The number of rotatable bonds is 8. The van der Waals surface area contributed by atoms with Crippen molar-refractivity contribution in [2.75, 3.05) is 20.8 Å². The molecule has 2 heterocycles. The molecule has 0 bridgehead atoms. The Balaban J connectivity index is 1.81. The van der Waals surface area contributed by atoms with Crippen molar-refractivity contribution < 1.29 is 18.4 Å². The van der Waals surface area contributed by atoms with Crippen LogP contribution in [0.2, 0.25) is 0 Å². The molecular formula is C26H29FN4O3S. The summed E-state index contributed by atoms with van der Waals surface area (Å²) in [5.74, 6) is 2.03. The molecule has 1 atom stereocenters. The summed E-state index contributed by atoms with van der Waals surface area (Å²) in [5.41, 5.74) is 3.15. The molecule has 2 aromatic carbocycles. The maximum atomic E-state index is 13.8. The van der Waals surface area contributed by atoms with Gasteiger partial charge in [-0.2, -0.15) is 4.98 Å². The lowest BCUT2D eigenvalue weighted by atomic mass is 9.94. The normalized spacial score (nSPS) is 16.0. The molecule has 1 aliphatic heterocycles. The molecular weight excluding hydrogens is 467 g/mol. The third-order valence-corrected chi connectivity index (χ3v) is 6.34.